The lowest BCUT2D eigenvalue weighted by Gasteiger charge is -2.26. The van der Waals surface area contributed by atoms with Crippen LogP contribution in [0.5, 0.6) is 17.2 Å². The quantitative estimate of drug-likeness (QED) is 0.0552. The Morgan fingerprint density at radius 3 is 2.25 bits per heavy atom. The molecule has 44 heavy (non-hydrogen) atoms. The molecule has 0 aliphatic heterocycles. The monoisotopic (exact) mass is 647 g/mol. The van der Waals surface area contributed by atoms with E-state index in [4.69, 9.17) is 23.3 Å². The highest BCUT2D eigenvalue weighted by molar-refractivity contribution is 7.46. The first kappa shape index (κ1) is 36.1. The summed E-state index contributed by atoms with van der Waals surface area (Å²) < 4.78 is 42.9. The zero-order chi connectivity index (χ0) is 31.5. The van der Waals surface area contributed by atoms with Gasteiger partial charge in [-0.05, 0) is 44.5 Å². The number of rotatable bonds is 24. The van der Waals surface area contributed by atoms with Crippen LogP contribution in [0.3, 0.4) is 0 Å². The molecular weight excluding hydrogens is 597 g/mol. The molecule has 0 N–H and O–H groups in total. The molecule has 1 heterocycles. The third-order valence-corrected chi connectivity index (χ3v) is 8.81. The first-order valence-electron chi connectivity index (χ1n) is 16.0. The first-order valence-corrected chi connectivity index (χ1v) is 18.4. The fourth-order valence-corrected chi connectivity index (χ4v) is 6.21. The van der Waals surface area contributed by atoms with Crippen LogP contribution in [0.1, 0.15) is 89.2 Å². The van der Waals surface area contributed by atoms with Crippen molar-refractivity contribution in [3.8, 4) is 17.2 Å². The molecule has 10 heteroatoms. The van der Waals surface area contributed by atoms with Gasteiger partial charge >= 0.3 is 7.82 Å². The summed E-state index contributed by atoms with van der Waals surface area (Å²) in [5.41, 5.74) is 3.79. The van der Waals surface area contributed by atoms with E-state index in [1.54, 1.807) is 29.5 Å². The van der Waals surface area contributed by atoms with Crippen molar-refractivity contribution in [2.45, 2.75) is 97.6 Å². The summed E-state index contributed by atoms with van der Waals surface area (Å²) in [4.78, 5) is 12.6. The molecule has 3 rings (SSSR count). The Morgan fingerprint density at radius 2 is 1.57 bits per heavy atom. The molecule has 0 fully saturated rings. The molecular formula is C34H50NO7PS. The second-order valence-corrected chi connectivity index (χ2v) is 13.1. The van der Waals surface area contributed by atoms with Gasteiger partial charge < -0.3 is 28.2 Å². The smallest absolute Gasteiger partial charge is 0.319 e. The van der Waals surface area contributed by atoms with Crippen molar-refractivity contribution in [2.24, 2.45) is 0 Å². The first-order chi connectivity index (χ1) is 21.4. The van der Waals surface area contributed by atoms with Crippen LogP contribution in [-0.2, 0) is 20.4 Å². The standard InChI is InChI=1S/C34H50NO7PS/c1-4-6-7-8-9-10-11-12-13-14-22-39-33-19-16-20-34(29(33)3)40-26-32(38-5-2)27-41-43(36,37)42-31-18-15-17-30(24-31)25-35-21-23-44-28-35/h15-21,23-24,28,32H,4-14,22,25-27H2,1-3H3. The number of aromatic nitrogens is 1. The molecule has 0 saturated carbocycles. The van der Waals surface area contributed by atoms with Crippen LogP contribution < -0.4 is 23.5 Å². The molecule has 0 radical (unpaired) electrons. The highest BCUT2D eigenvalue weighted by Crippen LogP contribution is 2.40. The van der Waals surface area contributed by atoms with Gasteiger partial charge in [-0.2, -0.15) is 4.57 Å². The fraction of sp³-hybridized carbons (Fsp3) is 0.559. The number of unbranched alkanes of at least 4 members (excludes halogenated alkanes) is 9. The van der Waals surface area contributed by atoms with Crippen molar-refractivity contribution < 1.29 is 37.3 Å². The van der Waals surface area contributed by atoms with Crippen molar-refractivity contribution >= 4 is 19.2 Å². The number of phosphoric acid groups is 1. The molecule has 244 valence electrons. The highest BCUT2D eigenvalue weighted by Gasteiger charge is 2.19. The molecule has 1 aromatic heterocycles. The topological polar surface area (TPSA) is 90.2 Å². The van der Waals surface area contributed by atoms with E-state index >= 15 is 0 Å². The number of hydrogen-bond donors (Lipinski definition) is 0. The summed E-state index contributed by atoms with van der Waals surface area (Å²) in [7, 11) is -4.64. The number of nitrogens with zero attached hydrogens (tertiary/aromatic N) is 1. The van der Waals surface area contributed by atoms with Crippen LogP contribution in [0.4, 0.5) is 0 Å². The summed E-state index contributed by atoms with van der Waals surface area (Å²) in [6.45, 7) is 7.60. The van der Waals surface area contributed by atoms with Gasteiger partial charge in [0.25, 0.3) is 0 Å². The number of hydrogen-bond acceptors (Lipinski definition) is 8. The van der Waals surface area contributed by atoms with Gasteiger partial charge in [-0.1, -0.05) is 94.2 Å². The molecule has 0 spiro atoms. The molecule has 2 atom stereocenters. The lowest BCUT2D eigenvalue weighted by molar-refractivity contribution is -0.683. The van der Waals surface area contributed by atoms with Crippen LogP contribution in [0, 0.1) is 6.92 Å². The van der Waals surface area contributed by atoms with Crippen molar-refractivity contribution in [1.82, 2.24) is 0 Å². The van der Waals surface area contributed by atoms with Crippen LogP contribution in [-0.4, -0.2) is 32.5 Å². The number of thiazole rings is 1. The Hall–Kier alpha value is -2.42. The van der Waals surface area contributed by atoms with Crippen molar-refractivity contribution in [2.75, 3.05) is 26.4 Å². The zero-order valence-electron chi connectivity index (χ0n) is 26.6. The predicted molar refractivity (Wildman–Crippen MR) is 174 cm³/mol. The number of phosphoric ester groups is 1. The second-order valence-electron chi connectivity index (χ2n) is 11.0. The number of benzene rings is 2. The maximum atomic E-state index is 12.6. The van der Waals surface area contributed by atoms with Crippen LogP contribution in [0.2, 0.25) is 0 Å². The number of ether oxygens (including phenoxy) is 3. The van der Waals surface area contributed by atoms with Crippen molar-refractivity contribution in [3.63, 3.8) is 0 Å². The molecule has 3 aromatic rings. The Balaban J connectivity index is 1.40. The SMILES string of the molecule is CCCCCCCCCCCCOc1cccc(OCC(COP(=O)([O-])Oc2cccc(C[n+]3ccsc3)c2)OCC)c1C. The Kier molecular flexibility index (Phi) is 16.9. The average molecular weight is 648 g/mol. The van der Waals surface area contributed by atoms with E-state index in [2.05, 4.69) is 6.92 Å². The summed E-state index contributed by atoms with van der Waals surface area (Å²) >= 11 is 1.59. The van der Waals surface area contributed by atoms with Gasteiger partial charge in [0.1, 0.15) is 30.0 Å². The summed E-state index contributed by atoms with van der Waals surface area (Å²) in [6, 6.07) is 12.7. The minimum atomic E-state index is -4.64. The van der Waals surface area contributed by atoms with Crippen LogP contribution in [0.15, 0.2) is 59.6 Å². The molecule has 2 aromatic carbocycles. The highest BCUT2D eigenvalue weighted by atomic mass is 32.1. The lowest BCUT2D eigenvalue weighted by Crippen LogP contribution is -2.30. The average Bonchev–Trinajstić information content (AvgIpc) is 3.51. The van der Waals surface area contributed by atoms with E-state index in [9.17, 15) is 9.46 Å². The van der Waals surface area contributed by atoms with Gasteiger partial charge in [-0.25, -0.2) is 0 Å². The van der Waals surface area contributed by atoms with E-state index in [1.807, 2.05) is 59.8 Å². The zero-order valence-corrected chi connectivity index (χ0v) is 28.3. The maximum absolute atomic E-state index is 12.6. The minimum Gasteiger partial charge on any atom is -0.746 e. The van der Waals surface area contributed by atoms with Crippen molar-refractivity contribution in [3.05, 3.63) is 70.7 Å². The largest absolute Gasteiger partial charge is 0.746 e. The van der Waals surface area contributed by atoms with Crippen LogP contribution in [0.25, 0.3) is 0 Å². The van der Waals surface area contributed by atoms with E-state index in [0.717, 1.165) is 23.3 Å². The van der Waals surface area contributed by atoms with Gasteiger partial charge in [0.05, 0.1) is 18.6 Å². The summed E-state index contributed by atoms with van der Waals surface area (Å²) in [6.07, 6.45) is 14.2. The molecule has 0 saturated heterocycles. The minimum absolute atomic E-state index is 0.115. The third kappa shape index (κ3) is 14.1. The Morgan fingerprint density at radius 1 is 0.886 bits per heavy atom. The fourth-order valence-electron chi connectivity index (χ4n) is 4.83. The normalized spacial score (nSPS) is 13.4. The Bertz CT molecular complexity index is 1240. The molecule has 0 bridgehead atoms. The molecule has 0 aliphatic rings. The van der Waals surface area contributed by atoms with E-state index in [1.165, 1.54) is 57.8 Å². The maximum Gasteiger partial charge on any atom is 0.319 e. The molecule has 0 aliphatic carbocycles. The Labute approximate surface area is 267 Å². The third-order valence-electron chi connectivity index (χ3n) is 7.24. The van der Waals surface area contributed by atoms with Crippen molar-refractivity contribution in [1.29, 1.82) is 0 Å². The van der Waals surface area contributed by atoms with Gasteiger partial charge in [0.2, 0.25) is 5.51 Å². The van der Waals surface area contributed by atoms with Gasteiger partial charge in [-0.15, -0.1) is 0 Å². The molecule has 8 nitrogen and oxygen atoms in total. The molecule has 2 unspecified atom stereocenters. The van der Waals surface area contributed by atoms with Gasteiger partial charge in [0, 0.05) is 17.7 Å². The predicted octanol–water partition coefficient (Wildman–Crippen LogP) is 8.04. The van der Waals surface area contributed by atoms with Gasteiger partial charge in [-0.3, -0.25) is 4.57 Å². The second kappa shape index (κ2) is 20.6. The molecule has 0 amide bonds. The summed E-state index contributed by atoms with van der Waals surface area (Å²) in [5, 5.41) is 1.98. The van der Waals surface area contributed by atoms with E-state index in [0.29, 0.717) is 25.5 Å². The lowest BCUT2D eigenvalue weighted by atomic mass is 10.1. The van der Waals surface area contributed by atoms with E-state index in [-0.39, 0.29) is 19.0 Å². The van der Waals surface area contributed by atoms with Crippen LogP contribution >= 0.6 is 19.2 Å². The van der Waals surface area contributed by atoms with Gasteiger partial charge in [0.15, 0.2) is 12.7 Å². The summed E-state index contributed by atoms with van der Waals surface area (Å²) in [5.74, 6) is 1.66. The van der Waals surface area contributed by atoms with E-state index < -0.39 is 13.9 Å².